The Labute approximate surface area is 139 Å². The van der Waals surface area contributed by atoms with Gasteiger partial charge in [-0.1, -0.05) is 23.7 Å². The Bertz CT molecular complexity index is 650. The molecule has 1 saturated heterocycles. The van der Waals surface area contributed by atoms with Gasteiger partial charge in [-0.25, -0.2) is 0 Å². The van der Waals surface area contributed by atoms with Crippen molar-refractivity contribution >= 4 is 28.8 Å². The molecular weight excluding hydrogens is 316 g/mol. The van der Waals surface area contributed by atoms with E-state index < -0.39 is 0 Å². The second-order valence-corrected chi connectivity index (χ2v) is 6.93. The van der Waals surface area contributed by atoms with E-state index in [9.17, 15) is 4.79 Å². The number of hydrogen-bond acceptors (Lipinski definition) is 3. The second kappa shape index (κ2) is 7.27. The van der Waals surface area contributed by atoms with Crippen LogP contribution in [0.15, 0.2) is 35.7 Å². The van der Waals surface area contributed by atoms with E-state index in [2.05, 4.69) is 10.6 Å². The number of thiophene rings is 1. The van der Waals surface area contributed by atoms with Gasteiger partial charge in [-0.15, -0.1) is 11.3 Å². The number of carbonyl (C=O) groups is 1. The minimum Gasteiger partial charge on any atom is -0.351 e. The fourth-order valence-corrected chi connectivity index (χ4v) is 3.79. The van der Waals surface area contributed by atoms with Crippen molar-refractivity contribution < 1.29 is 4.79 Å². The molecule has 0 spiro atoms. The molecule has 3 rings (SSSR count). The van der Waals surface area contributed by atoms with E-state index in [1.807, 2.05) is 35.7 Å². The van der Waals surface area contributed by atoms with Gasteiger partial charge < -0.3 is 10.6 Å². The van der Waals surface area contributed by atoms with Crippen molar-refractivity contribution in [2.45, 2.75) is 12.8 Å². The van der Waals surface area contributed by atoms with Gasteiger partial charge in [0.15, 0.2) is 0 Å². The highest BCUT2D eigenvalue weighted by atomic mass is 35.5. The number of piperidine rings is 1. The molecular formula is C17H19ClN2OS. The van der Waals surface area contributed by atoms with Crippen LogP contribution >= 0.6 is 22.9 Å². The van der Waals surface area contributed by atoms with Crippen molar-refractivity contribution in [2.75, 3.05) is 19.6 Å². The van der Waals surface area contributed by atoms with Crippen LogP contribution in [0.5, 0.6) is 0 Å². The summed E-state index contributed by atoms with van der Waals surface area (Å²) in [4.78, 5) is 13.2. The first kappa shape index (κ1) is 15.5. The third kappa shape index (κ3) is 3.69. The Kier molecular flexibility index (Phi) is 5.13. The first-order valence-electron chi connectivity index (χ1n) is 7.56. The number of benzene rings is 1. The minimum absolute atomic E-state index is 0.0171. The molecule has 1 aliphatic heterocycles. The van der Waals surface area contributed by atoms with E-state index in [-0.39, 0.29) is 5.91 Å². The van der Waals surface area contributed by atoms with Crippen molar-refractivity contribution in [3.63, 3.8) is 0 Å². The van der Waals surface area contributed by atoms with Gasteiger partial charge in [-0.2, -0.15) is 0 Å². The summed E-state index contributed by atoms with van der Waals surface area (Å²) in [6, 6.07) is 9.61. The number of halogens is 1. The Hall–Kier alpha value is -1.36. The molecule has 1 amide bonds. The van der Waals surface area contributed by atoms with Crippen LogP contribution in [-0.2, 0) is 0 Å². The molecule has 1 aliphatic rings. The van der Waals surface area contributed by atoms with Crippen LogP contribution in [0.3, 0.4) is 0 Å². The van der Waals surface area contributed by atoms with Gasteiger partial charge in [0.25, 0.3) is 5.91 Å². The van der Waals surface area contributed by atoms with E-state index in [1.54, 1.807) is 0 Å². The monoisotopic (exact) mass is 334 g/mol. The fraction of sp³-hybridized carbons (Fsp3) is 0.353. The summed E-state index contributed by atoms with van der Waals surface area (Å²) in [7, 11) is 0. The molecule has 0 bridgehead atoms. The van der Waals surface area contributed by atoms with E-state index in [4.69, 9.17) is 11.6 Å². The van der Waals surface area contributed by atoms with E-state index >= 15 is 0 Å². The zero-order valence-electron chi connectivity index (χ0n) is 12.3. The van der Waals surface area contributed by atoms with E-state index in [1.165, 1.54) is 11.3 Å². The largest absolute Gasteiger partial charge is 0.351 e. The van der Waals surface area contributed by atoms with Gasteiger partial charge in [-0.3, -0.25) is 4.79 Å². The van der Waals surface area contributed by atoms with Gasteiger partial charge in [0.2, 0.25) is 0 Å². The highest BCUT2D eigenvalue weighted by Gasteiger charge is 2.18. The Morgan fingerprint density at radius 2 is 2.14 bits per heavy atom. The van der Waals surface area contributed by atoms with Gasteiger partial charge >= 0.3 is 0 Å². The molecule has 1 fully saturated rings. The normalized spacial score (nSPS) is 15.7. The van der Waals surface area contributed by atoms with Crippen LogP contribution in [0.25, 0.3) is 11.1 Å². The van der Waals surface area contributed by atoms with Crippen molar-refractivity contribution in [1.29, 1.82) is 0 Å². The molecule has 0 unspecified atom stereocenters. The molecule has 3 nitrogen and oxygen atoms in total. The summed E-state index contributed by atoms with van der Waals surface area (Å²) in [5.74, 6) is 0.600. The molecule has 1 aromatic carbocycles. The van der Waals surface area contributed by atoms with Crippen LogP contribution in [-0.4, -0.2) is 25.5 Å². The molecule has 0 aliphatic carbocycles. The minimum atomic E-state index is 0.0171. The lowest BCUT2D eigenvalue weighted by Crippen LogP contribution is -2.35. The molecule has 0 radical (unpaired) electrons. The Morgan fingerprint density at radius 1 is 1.32 bits per heavy atom. The van der Waals surface area contributed by atoms with Gasteiger partial charge in [0.05, 0.1) is 4.88 Å². The smallest absolute Gasteiger partial charge is 0.261 e. The summed E-state index contributed by atoms with van der Waals surface area (Å²) < 4.78 is 0. The molecule has 2 N–H and O–H groups in total. The lowest BCUT2D eigenvalue weighted by Gasteiger charge is -2.22. The second-order valence-electron chi connectivity index (χ2n) is 5.58. The number of rotatable bonds is 4. The highest BCUT2D eigenvalue weighted by molar-refractivity contribution is 7.12. The quantitative estimate of drug-likeness (QED) is 0.893. The number of amides is 1. The topological polar surface area (TPSA) is 41.1 Å². The summed E-state index contributed by atoms with van der Waals surface area (Å²) >= 11 is 7.53. The van der Waals surface area contributed by atoms with Crippen molar-refractivity contribution in [3.8, 4) is 11.1 Å². The van der Waals surface area contributed by atoms with Gasteiger partial charge in [-0.05, 0) is 61.0 Å². The summed E-state index contributed by atoms with van der Waals surface area (Å²) in [5.41, 5.74) is 1.94. The zero-order chi connectivity index (χ0) is 15.4. The SMILES string of the molecule is O=C(NCC1CCNCC1)c1sccc1-c1cccc(Cl)c1. The lowest BCUT2D eigenvalue weighted by molar-refractivity contribution is 0.0949. The molecule has 5 heteroatoms. The van der Waals surface area contributed by atoms with Crippen molar-refractivity contribution in [3.05, 3.63) is 45.6 Å². The van der Waals surface area contributed by atoms with Crippen molar-refractivity contribution in [2.24, 2.45) is 5.92 Å². The molecule has 2 aromatic rings. The fourth-order valence-electron chi connectivity index (χ4n) is 2.77. The van der Waals surface area contributed by atoms with Gasteiger partial charge in [0.1, 0.15) is 0 Å². The first-order valence-corrected chi connectivity index (χ1v) is 8.82. The third-order valence-corrected chi connectivity index (χ3v) is 5.17. The van der Waals surface area contributed by atoms with Crippen LogP contribution in [0.1, 0.15) is 22.5 Å². The highest BCUT2D eigenvalue weighted by Crippen LogP contribution is 2.30. The third-order valence-electron chi connectivity index (χ3n) is 4.02. The predicted octanol–water partition coefficient (Wildman–Crippen LogP) is 3.80. The van der Waals surface area contributed by atoms with E-state index in [0.29, 0.717) is 10.9 Å². The van der Waals surface area contributed by atoms with E-state index in [0.717, 1.165) is 48.5 Å². The number of nitrogens with one attached hydrogen (secondary N) is 2. The number of hydrogen-bond donors (Lipinski definition) is 2. The van der Waals surface area contributed by atoms with Gasteiger partial charge in [0, 0.05) is 17.1 Å². The standard InChI is InChI=1S/C17H19ClN2OS/c18-14-3-1-2-13(10-14)15-6-9-22-16(15)17(21)20-11-12-4-7-19-8-5-12/h1-3,6,9-10,12,19H,4-5,7-8,11H2,(H,20,21). The average Bonchev–Trinajstić information content (AvgIpc) is 3.03. The summed E-state index contributed by atoms with van der Waals surface area (Å²) in [5, 5.41) is 9.07. The van der Waals surface area contributed by atoms with Crippen LogP contribution in [0.2, 0.25) is 5.02 Å². The summed E-state index contributed by atoms with van der Waals surface area (Å²) in [6.07, 6.45) is 2.26. The zero-order valence-corrected chi connectivity index (χ0v) is 13.8. The average molecular weight is 335 g/mol. The molecule has 2 heterocycles. The maximum Gasteiger partial charge on any atom is 0.261 e. The lowest BCUT2D eigenvalue weighted by atomic mass is 9.98. The van der Waals surface area contributed by atoms with Crippen LogP contribution in [0, 0.1) is 5.92 Å². The number of carbonyl (C=O) groups excluding carboxylic acids is 1. The Morgan fingerprint density at radius 3 is 2.91 bits per heavy atom. The maximum absolute atomic E-state index is 12.5. The predicted molar refractivity (Wildman–Crippen MR) is 92.7 cm³/mol. The molecule has 1 aromatic heterocycles. The molecule has 0 saturated carbocycles. The maximum atomic E-state index is 12.5. The van der Waals surface area contributed by atoms with Crippen molar-refractivity contribution in [1.82, 2.24) is 10.6 Å². The Balaban J connectivity index is 1.69. The van der Waals surface area contributed by atoms with Crippen LogP contribution in [0.4, 0.5) is 0 Å². The molecule has 22 heavy (non-hydrogen) atoms. The molecule has 116 valence electrons. The first-order chi connectivity index (χ1) is 10.7. The molecule has 0 atom stereocenters. The summed E-state index contributed by atoms with van der Waals surface area (Å²) in [6.45, 7) is 2.86. The van der Waals surface area contributed by atoms with Crippen LogP contribution < -0.4 is 10.6 Å².